The highest BCUT2D eigenvalue weighted by molar-refractivity contribution is 6.20. The molecule has 15 heavy (non-hydrogen) atoms. The molecule has 2 nitrogen and oxygen atoms in total. The van der Waals surface area contributed by atoms with Gasteiger partial charge in [-0.15, -0.1) is 11.6 Å². The lowest BCUT2D eigenvalue weighted by Crippen LogP contribution is -2.09. The van der Waals surface area contributed by atoms with E-state index in [-0.39, 0.29) is 11.3 Å². The van der Waals surface area contributed by atoms with E-state index in [0.29, 0.717) is 0 Å². The number of carbonyl (C=O) groups is 1. The first-order valence-electron chi connectivity index (χ1n) is 5.63. The zero-order chi connectivity index (χ0) is 11.7. The highest BCUT2D eigenvalue weighted by atomic mass is 35.5. The minimum atomic E-state index is -0.906. The molecule has 0 aromatic carbocycles. The molecular weight excluding hydrogens is 212 g/mol. The van der Waals surface area contributed by atoms with Crippen LogP contribution in [-0.2, 0) is 4.79 Å². The molecule has 88 valence electrons. The van der Waals surface area contributed by atoms with E-state index in [1.54, 1.807) is 6.08 Å². The van der Waals surface area contributed by atoms with Gasteiger partial charge in [0.2, 0.25) is 0 Å². The standard InChI is InChI=1S/C12H21ClO2/c1-3-4-5-6-7-11(13)10(2)8-9-12(14)15/h8-11H,3-7H2,1-2H3,(H,14,15). The van der Waals surface area contributed by atoms with Gasteiger partial charge in [-0.2, -0.15) is 0 Å². The number of allylic oxidation sites excluding steroid dienone is 1. The van der Waals surface area contributed by atoms with Gasteiger partial charge in [0, 0.05) is 11.5 Å². The summed E-state index contributed by atoms with van der Waals surface area (Å²) >= 11 is 6.15. The van der Waals surface area contributed by atoms with Crippen molar-refractivity contribution < 1.29 is 9.90 Å². The molecule has 0 aliphatic rings. The van der Waals surface area contributed by atoms with Crippen molar-refractivity contribution in [1.82, 2.24) is 0 Å². The monoisotopic (exact) mass is 232 g/mol. The van der Waals surface area contributed by atoms with Crippen LogP contribution in [0.15, 0.2) is 12.2 Å². The molecular formula is C12H21ClO2. The molecule has 0 amide bonds. The lowest BCUT2D eigenvalue weighted by atomic mass is 10.0. The molecule has 0 spiro atoms. The van der Waals surface area contributed by atoms with Crippen molar-refractivity contribution in [2.75, 3.05) is 0 Å². The van der Waals surface area contributed by atoms with Crippen molar-refractivity contribution >= 4 is 17.6 Å². The maximum atomic E-state index is 10.3. The van der Waals surface area contributed by atoms with Gasteiger partial charge in [0.15, 0.2) is 0 Å². The van der Waals surface area contributed by atoms with Crippen molar-refractivity contribution in [2.24, 2.45) is 5.92 Å². The number of carboxylic acid groups (broad SMARTS) is 1. The summed E-state index contributed by atoms with van der Waals surface area (Å²) in [5.74, 6) is -0.777. The second-order valence-corrected chi connectivity index (χ2v) is 4.48. The fourth-order valence-corrected chi connectivity index (χ4v) is 1.62. The third-order valence-electron chi connectivity index (χ3n) is 2.45. The van der Waals surface area contributed by atoms with Crippen molar-refractivity contribution in [3.8, 4) is 0 Å². The van der Waals surface area contributed by atoms with Crippen LogP contribution in [0.2, 0.25) is 0 Å². The van der Waals surface area contributed by atoms with Gasteiger partial charge >= 0.3 is 5.97 Å². The first-order chi connectivity index (χ1) is 7.07. The Balaban J connectivity index is 3.68. The van der Waals surface area contributed by atoms with Crippen LogP contribution in [0.3, 0.4) is 0 Å². The molecule has 3 heteroatoms. The quantitative estimate of drug-likeness (QED) is 0.392. The summed E-state index contributed by atoms with van der Waals surface area (Å²) in [6, 6.07) is 0. The average molecular weight is 233 g/mol. The van der Waals surface area contributed by atoms with Crippen LogP contribution < -0.4 is 0 Å². The van der Waals surface area contributed by atoms with Crippen molar-refractivity contribution in [1.29, 1.82) is 0 Å². The number of hydrogen-bond donors (Lipinski definition) is 1. The average Bonchev–Trinajstić information content (AvgIpc) is 2.20. The van der Waals surface area contributed by atoms with Gasteiger partial charge in [-0.3, -0.25) is 0 Å². The number of rotatable bonds is 8. The second kappa shape index (κ2) is 8.78. The van der Waals surface area contributed by atoms with Gasteiger partial charge in [-0.1, -0.05) is 45.6 Å². The molecule has 2 unspecified atom stereocenters. The summed E-state index contributed by atoms with van der Waals surface area (Å²) in [5, 5.41) is 8.51. The third-order valence-corrected chi connectivity index (χ3v) is 3.06. The van der Waals surface area contributed by atoms with Crippen LogP contribution in [0, 0.1) is 5.92 Å². The normalized spacial score (nSPS) is 15.4. The lowest BCUT2D eigenvalue weighted by molar-refractivity contribution is -0.131. The van der Waals surface area contributed by atoms with E-state index < -0.39 is 5.97 Å². The molecule has 0 fully saturated rings. The predicted molar refractivity (Wildman–Crippen MR) is 64.3 cm³/mol. The van der Waals surface area contributed by atoms with Gasteiger partial charge in [0.25, 0.3) is 0 Å². The highest BCUT2D eigenvalue weighted by Gasteiger charge is 2.11. The predicted octanol–water partition coefficient (Wildman–Crippen LogP) is 3.84. The number of carboxylic acids is 1. The van der Waals surface area contributed by atoms with E-state index in [0.717, 1.165) is 12.8 Å². The number of alkyl halides is 1. The summed E-state index contributed by atoms with van der Waals surface area (Å²) in [6.45, 7) is 4.13. The van der Waals surface area contributed by atoms with E-state index in [1.807, 2.05) is 6.92 Å². The zero-order valence-electron chi connectivity index (χ0n) is 9.58. The van der Waals surface area contributed by atoms with Crippen molar-refractivity contribution in [2.45, 2.75) is 51.3 Å². The summed E-state index contributed by atoms with van der Waals surface area (Å²) < 4.78 is 0. The molecule has 2 atom stereocenters. The molecule has 0 saturated heterocycles. The number of unbranched alkanes of at least 4 members (excludes halogenated alkanes) is 3. The lowest BCUT2D eigenvalue weighted by Gasteiger charge is -2.13. The van der Waals surface area contributed by atoms with Crippen molar-refractivity contribution in [3.05, 3.63) is 12.2 Å². The van der Waals surface area contributed by atoms with E-state index in [1.165, 1.54) is 25.3 Å². The Morgan fingerprint density at radius 2 is 2.07 bits per heavy atom. The molecule has 0 heterocycles. The maximum absolute atomic E-state index is 10.3. The summed E-state index contributed by atoms with van der Waals surface area (Å²) in [5.41, 5.74) is 0. The van der Waals surface area contributed by atoms with Crippen LogP contribution in [0.1, 0.15) is 46.0 Å². The van der Waals surface area contributed by atoms with E-state index in [9.17, 15) is 4.79 Å². The van der Waals surface area contributed by atoms with Crippen LogP contribution in [0.5, 0.6) is 0 Å². The first-order valence-corrected chi connectivity index (χ1v) is 6.06. The second-order valence-electron chi connectivity index (χ2n) is 3.92. The maximum Gasteiger partial charge on any atom is 0.327 e. The Morgan fingerprint density at radius 3 is 2.60 bits per heavy atom. The fourth-order valence-electron chi connectivity index (χ4n) is 1.38. The van der Waals surface area contributed by atoms with Gasteiger partial charge in [-0.05, 0) is 12.3 Å². The molecule has 0 aromatic rings. The Bertz CT molecular complexity index is 202. The summed E-state index contributed by atoms with van der Waals surface area (Å²) in [7, 11) is 0. The van der Waals surface area contributed by atoms with E-state index >= 15 is 0 Å². The first kappa shape index (κ1) is 14.5. The topological polar surface area (TPSA) is 37.3 Å². The van der Waals surface area contributed by atoms with Crippen molar-refractivity contribution in [3.63, 3.8) is 0 Å². The molecule has 0 rings (SSSR count). The summed E-state index contributed by atoms with van der Waals surface area (Å²) in [4.78, 5) is 10.3. The Kier molecular flexibility index (Phi) is 8.49. The molecule has 0 radical (unpaired) electrons. The number of aliphatic carboxylic acids is 1. The third kappa shape index (κ3) is 8.49. The van der Waals surface area contributed by atoms with Crippen LogP contribution in [0.25, 0.3) is 0 Å². The SMILES string of the molecule is CCCCCCC(Cl)C(C)C=CC(=O)O. The van der Waals surface area contributed by atoms with Gasteiger partial charge < -0.3 is 5.11 Å². The van der Waals surface area contributed by atoms with Crippen LogP contribution >= 0.6 is 11.6 Å². The molecule has 0 aromatic heterocycles. The minimum absolute atomic E-state index is 0.0532. The largest absolute Gasteiger partial charge is 0.478 e. The van der Waals surface area contributed by atoms with Crippen LogP contribution in [-0.4, -0.2) is 16.5 Å². The van der Waals surface area contributed by atoms with Gasteiger partial charge in [-0.25, -0.2) is 4.79 Å². The Morgan fingerprint density at radius 1 is 1.40 bits per heavy atom. The summed E-state index contributed by atoms with van der Waals surface area (Å²) in [6.07, 6.45) is 8.63. The highest BCUT2D eigenvalue weighted by Crippen LogP contribution is 2.19. The number of halogens is 1. The van der Waals surface area contributed by atoms with E-state index in [4.69, 9.17) is 16.7 Å². The fraction of sp³-hybridized carbons (Fsp3) is 0.750. The Hall–Kier alpha value is -0.500. The van der Waals surface area contributed by atoms with E-state index in [2.05, 4.69) is 6.92 Å². The minimum Gasteiger partial charge on any atom is -0.478 e. The van der Waals surface area contributed by atoms with Gasteiger partial charge in [0.1, 0.15) is 0 Å². The molecule has 1 N–H and O–H groups in total. The smallest absolute Gasteiger partial charge is 0.327 e. The Labute approximate surface area is 97.3 Å². The van der Waals surface area contributed by atoms with Crippen LogP contribution in [0.4, 0.5) is 0 Å². The number of hydrogen-bond acceptors (Lipinski definition) is 1. The molecule has 0 bridgehead atoms. The zero-order valence-corrected chi connectivity index (χ0v) is 10.3. The molecule has 0 aliphatic heterocycles. The van der Waals surface area contributed by atoms with Gasteiger partial charge in [0.05, 0.1) is 0 Å². The molecule has 0 aliphatic carbocycles. The molecule has 0 saturated carbocycles.